The van der Waals surface area contributed by atoms with Crippen molar-refractivity contribution in [1.82, 2.24) is 9.80 Å². The van der Waals surface area contributed by atoms with Gasteiger partial charge in [-0.2, -0.15) is 11.8 Å². The number of primary amides is 1. The van der Waals surface area contributed by atoms with Crippen molar-refractivity contribution in [3.05, 3.63) is 0 Å². The second-order valence-electron chi connectivity index (χ2n) is 5.34. The molecule has 1 aliphatic rings. The van der Waals surface area contributed by atoms with Crippen molar-refractivity contribution in [2.75, 3.05) is 31.9 Å². The molecule has 0 spiro atoms. The molecule has 114 valence electrons. The number of aliphatic carboxylic acids is 1. The molecule has 1 heterocycles. The number of carboxylic acids is 1. The molecule has 0 aliphatic carbocycles. The van der Waals surface area contributed by atoms with Crippen molar-refractivity contribution in [2.24, 2.45) is 5.73 Å². The third-order valence-electron chi connectivity index (χ3n) is 3.05. The molecule has 0 atom stereocenters. The molecule has 1 fully saturated rings. The topological polar surface area (TPSA) is 104 Å². The largest absolute Gasteiger partial charge is 0.480 e. The van der Waals surface area contributed by atoms with Crippen LogP contribution in [-0.2, 0) is 9.59 Å². The standard InChI is InChI=1S/C12H21N3O4S/c1-12(2)3-4-14(5-6-20-12)11(19)15(7-9(13)16)8-10(17)18/h3-8H2,1-2H3,(H2,13,16)(H,17,18). The van der Waals surface area contributed by atoms with Crippen LogP contribution in [0.5, 0.6) is 0 Å². The smallest absolute Gasteiger partial charge is 0.323 e. The lowest BCUT2D eigenvalue weighted by molar-refractivity contribution is -0.138. The van der Waals surface area contributed by atoms with E-state index < -0.39 is 24.5 Å². The van der Waals surface area contributed by atoms with E-state index in [0.29, 0.717) is 13.1 Å². The second-order valence-corrected chi connectivity index (χ2v) is 7.15. The van der Waals surface area contributed by atoms with Gasteiger partial charge in [0.2, 0.25) is 5.91 Å². The Kier molecular flexibility index (Phi) is 5.67. The summed E-state index contributed by atoms with van der Waals surface area (Å²) in [6.45, 7) is 4.43. The van der Waals surface area contributed by atoms with E-state index in [4.69, 9.17) is 10.8 Å². The summed E-state index contributed by atoms with van der Waals surface area (Å²) < 4.78 is 0.0936. The predicted octanol–water partition coefficient (Wildman–Crippen LogP) is 0.196. The number of rotatable bonds is 4. The van der Waals surface area contributed by atoms with E-state index in [0.717, 1.165) is 17.1 Å². The predicted molar refractivity (Wildman–Crippen MR) is 76.5 cm³/mol. The number of nitrogens with zero attached hydrogens (tertiary/aromatic N) is 2. The van der Waals surface area contributed by atoms with Crippen molar-refractivity contribution >= 4 is 29.7 Å². The van der Waals surface area contributed by atoms with Gasteiger partial charge in [-0.1, -0.05) is 13.8 Å². The lowest BCUT2D eigenvalue weighted by atomic mass is 10.1. The Balaban J connectivity index is 2.72. The van der Waals surface area contributed by atoms with Crippen LogP contribution in [0.4, 0.5) is 4.79 Å². The summed E-state index contributed by atoms with van der Waals surface area (Å²) in [5, 5.41) is 8.81. The van der Waals surface area contributed by atoms with Crippen LogP contribution in [0.3, 0.4) is 0 Å². The Morgan fingerprint density at radius 1 is 1.30 bits per heavy atom. The van der Waals surface area contributed by atoms with Crippen LogP contribution in [0.1, 0.15) is 20.3 Å². The summed E-state index contributed by atoms with van der Waals surface area (Å²) in [6.07, 6.45) is 0.820. The number of hydrogen-bond donors (Lipinski definition) is 2. The summed E-state index contributed by atoms with van der Waals surface area (Å²) in [7, 11) is 0. The highest BCUT2D eigenvalue weighted by atomic mass is 32.2. The van der Waals surface area contributed by atoms with Crippen LogP contribution in [0.2, 0.25) is 0 Å². The monoisotopic (exact) mass is 303 g/mol. The molecule has 1 saturated heterocycles. The van der Waals surface area contributed by atoms with Crippen molar-refractivity contribution in [3.63, 3.8) is 0 Å². The Morgan fingerprint density at radius 2 is 1.95 bits per heavy atom. The summed E-state index contributed by atoms with van der Waals surface area (Å²) >= 11 is 1.78. The molecule has 20 heavy (non-hydrogen) atoms. The van der Waals surface area contributed by atoms with Gasteiger partial charge in [-0.05, 0) is 6.42 Å². The fraction of sp³-hybridized carbons (Fsp3) is 0.750. The molecular formula is C12H21N3O4S. The molecule has 0 aromatic carbocycles. The molecule has 3 N–H and O–H groups in total. The zero-order chi connectivity index (χ0) is 15.3. The minimum atomic E-state index is -1.16. The maximum atomic E-state index is 12.3. The average molecular weight is 303 g/mol. The zero-order valence-corrected chi connectivity index (χ0v) is 12.6. The van der Waals surface area contributed by atoms with E-state index in [1.165, 1.54) is 0 Å². The number of carbonyl (C=O) groups excluding carboxylic acids is 2. The number of carboxylic acid groups (broad SMARTS) is 1. The van der Waals surface area contributed by atoms with E-state index in [9.17, 15) is 14.4 Å². The molecule has 0 radical (unpaired) electrons. The number of urea groups is 1. The van der Waals surface area contributed by atoms with Crippen LogP contribution in [0, 0.1) is 0 Å². The van der Waals surface area contributed by atoms with Gasteiger partial charge in [0.25, 0.3) is 0 Å². The first-order valence-corrected chi connectivity index (χ1v) is 7.38. The van der Waals surface area contributed by atoms with Gasteiger partial charge in [-0.15, -0.1) is 0 Å². The fourth-order valence-electron chi connectivity index (χ4n) is 1.95. The molecule has 0 saturated carbocycles. The van der Waals surface area contributed by atoms with Gasteiger partial charge >= 0.3 is 12.0 Å². The van der Waals surface area contributed by atoms with Crippen LogP contribution in [-0.4, -0.2) is 69.5 Å². The van der Waals surface area contributed by atoms with Gasteiger partial charge in [0, 0.05) is 23.6 Å². The second kappa shape index (κ2) is 6.83. The number of hydrogen-bond acceptors (Lipinski definition) is 4. The molecular weight excluding hydrogens is 282 g/mol. The SMILES string of the molecule is CC1(C)CCN(C(=O)N(CC(N)=O)CC(=O)O)CCS1. The molecule has 0 aromatic heterocycles. The highest BCUT2D eigenvalue weighted by Crippen LogP contribution is 2.30. The Hall–Kier alpha value is -1.44. The molecule has 1 rings (SSSR count). The molecule has 8 heteroatoms. The van der Waals surface area contributed by atoms with Crippen molar-refractivity contribution in [2.45, 2.75) is 25.0 Å². The maximum Gasteiger partial charge on any atom is 0.323 e. The van der Waals surface area contributed by atoms with E-state index in [1.807, 2.05) is 0 Å². The first-order valence-electron chi connectivity index (χ1n) is 6.39. The molecule has 0 bridgehead atoms. The number of carbonyl (C=O) groups is 3. The summed E-state index contributed by atoms with van der Waals surface area (Å²) in [5.41, 5.74) is 5.06. The Morgan fingerprint density at radius 3 is 2.50 bits per heavy atom. The third-order valence-corrected chi connectivity index (χ3v) is 4.42. The van der Waals surface area contributed by atoms with Crippen molar-refractivity contribution in [1.29, 1.82) is 0 Å². The molecule has 0 aromatic rings. The Labute approximate surface area is 122 Å². The van der Waals surface area contributed by atoms with Gasteiger partial charge in [-0.3, -0.25) is 9.59 Å². The zero-order valence-electron chi connectivity index (χ0n) is 11.8. The number of amides is 3. The van der Waals surface area contributed by atoms with Gasteiger partial charge in [0.15, 0.2) is 0 Å². The Bertz CT molecular complexity index is 384. The normalized spacial score (nSPS) is 18.2. The lowest BCUT2D eigenvalue weighted by Gasteiger charge is -2.28. The minimum absolute atomic E-state index is 0.0936. The summed E-state index contributed by atoms with van der Waals surface area (Å²) in [6, 6.07) is -0.440. The average Bonchev–Trinajstić information content (AvgIpc) is 2.47. The maximum absolute atomic E-state index is 12.3. The highest BCUT2D eigenvalue weighted by Gasteiger charge is 2.29. The first-order chi connectivity index (χ1) is 9.21. The number of thioether (sulfide) groups is 1. The van der Waals surface area contributed by atoms with Gasteiger partial charge in [0.05, 0.1) is 0 Å². The molecule has 1 aliphatic heterocycles. The number of nitrogens with two attached hydrogens (primary N) is 1. The fourth-order valence-corrected chi connectivity index (χ4v) is 3.05. The lowest BCUT2D eigenvalue weighted by Crippen LogP contribution is -2.49. The summed E-state index contributed by atoms with van der Waals surface area (Å²) in [4.78, 5) is 36.6. The third kappa shape index (κ3) is 5.28. The van der Waals surface area contributed by atoms with Crippen molar-refractivity contribution in [3.8, 4) is 0 Å². The molecule has 0 unspecified atom stereocenters. The summed E-state index contributed by atoms with van der Waals surface area (Å²) in [5.74, 6) is -1.09. The van der Waals surface area contributed by atoms with E-state index >= 15 is 0 Å². The van der Waals surface area contributed by atoms with Crippen LogP contribution in [0.25, 0.3) is 0 Å². The van der Waals surface area contributed by atoms with Crippen LogP contribution in [0.15, 0.2) is 0 Å². The quantitative estimate of drug-likeness (QED) is 0.772. The van der Waals surface area contributed by atoms with E-state index in [1.54, 1.807) is 16.7 Å². The highest BCUT2D eigenvalue weighted by molar-refractivity contribution is 8.00. The van der Waals surface area contributed by atoms with Gasteiger partial charge < -0.3 is 20.6 Å². The van der Waals surface area contributed by atoms with Gasteiger partial charge in [0.1, 0.15) is 13.1 Å². The first kappa shape index (κ1) is 16.6. The van der Waals surface area contributed by atoms with E-state index in [-0.39, 0.29) is 11.3 Å². The van der Waals surface area contributed by atoms with Crippen LogP contribution >= 0.6 is 11.8 Å². The minimum Gasteiger partial charge on any atom is -0.480 e. The van der Waals surface area contributed by atoms with E-state index in [2.05, 4.69) is 13.8 Å². The molecule has 3 amide bonds. The van der Waals surface area contributed by atoms with Crippen LogP contribution < -0.4 is 5.73 Å². The van der Waals surface area contributed by atoms with Gasteiger partial charge in [-0.25, -0.2) is 4.79 Å². The van der Waals surface area contributed by atoms with Crippen molar-refractivity contribution < 1.29 is 19.5 Å². The molecule has 7 nitrogen and oxygen atoms in total.